The van der Waals surface area contributed by atoms with Crippen LogP contribution < -0.4 is 0 Å². The molecule has 0 N–H and O–H groups in total. The fraction of sp³-hybridized carbons (Fsp3) is 0.333. The maximum Gasteiger partial charge on any atom is 0.218 e. The molecule has 0 aliphatic carbocycles. The molecular formula is C6H8NO. The van der Waals surface area contributed by atoms with E-state index in [1.54, 1.807) is 0 Å². The van der Waals surface area contributed by atoms with Gasteiger partial charge in [-0.25, -0.2) is 0 Å². The molecule has 0 aromatic heterocycles. The molecule has 0 bridgehead atoms. The van der Waals surface area contributed by atoms with Crippen LogP contribution in [-0.2, 0) is 4.74 Å². The van der Waals surface area contributed by atoms with Crippen molar-refractivity contribution in [2.45, 2.75) is 6.92 Å². The summed E-state index contributed by atoms with van der Waals surface area (Å²) in [6, 6.07) is 1.83. The van der Waals surface area contributed by atoms with Gasteiger partial charge in [0.1, 0.15) is 6.07 Å². The van der Waals surface area contributed by atoms with Gasteiger partial charge in [0.2, 0.25) is 6.10 Å². The number of nitriles is 1. The lowest BCUT2D eigenvalue weighted by molar-refractivity contribution is 0.203. The van der Waals surface area contributed by atoms with Crippen LogP contribution in [0.1, 0.15) is 6.92 Å². The Morgan fingerprint density at radius 3 is 2.75 bits per heavy atom. The molecule has 0 aromatic carbocycles. The molecule has 1 radical (unpaired) electrons. The molecule has 0 fully saturated rings. The Bertz CT molecular complexity index is 104. The van der Waals surface area contributed by atoms with Crippen LogP contribution in [0.3, 0.4) is 0 Å². The monoisotopic (exact) mass is 110 g/mol. The quantitative estimate of drug-likeness (QED) is 0.548. The van der Waals surface area contributed by atoms with Crippen LogP contribution in [0.4, 0.5) is 0 Å². The van der Waals surface area contributed by atoms with Crippen molar-refractivity contribution < 1.29 is 4.74 Å². The molecule has 0 spiro atoms. The summed E-state index contributed by atoms with van der Waals surface area (Å²) < 4.78 is 4.78. The smallest absolute Gasteiger partial charge is 0.218 e. The van der Waals surface area contributed by atoms with E-state index in [0.29, 0.717) is 6.61 Å². The Morgan fingerprint density at radius 2 is 2.62 bits per heavy atom. The second-order valence-electron chi connectivity index (χ2n) is 1.11. The third-order valence-electron chi connectivity index (χ3n) is 0.595. The summed E-state index contributed by atoms with van der Waals surface area (Å²) >= 11 is 0. The molecule has 2 nitrogen and oxygen atoms in total. The van der Waals surface area contributed by atoms with Crippen molar-refractivity contribution in [3.8, 4) is 6.07 Å². The zero-order chi connectivity index (χ0) is 6.41. The van der Waals surface area contributed by atoms with Crippen LogP contribution in [0.25, 0.3) is 0 Å². The molecule has 0 unspecified atom stereocenters. The standard InChI is InChI=1S/C6H8NO/c1-3-6(5-7)8-4-2/h3H,1,4H2,2H3. The summed E-state index contributed by atoms with van der Waals surface area (Å²) in [7, 11) is 0. The van der Waals surface area contributed by atoms with Gasteiger partial charge in [0, 0.05) is 6.61 Å². The maximum absolute atomic E-state index is 8.17. The molecule has 0 saturated carbocycles. The first-order valence-corrected chi connectivity index (χ1v) is 2.37. The maximum atomic E-state index is 8.17. The normalized spacial score (nSPS) is 8.62. The summed E-state index contributed by atoms with van der Waals surface area (Å²) in [5.41, 5.74) is 0. The molecule has 0 heterocycles. The number of hydrogen-bond donors (Lipinski definition) is 0. The minimum absolute atomic E-state index is 0.285. The van der Waals surface area contributed by atoms with Crippen LogP contribution in [0.5, 0.6) is 0 Å². The molecule has 0 saturated heterocycles. The van der Waals surface area contributed by atoms with E-state index in [1.165, 1.54) is 6.08 Å². The second kappa shape index (κ2) is 4.35. The Morgan fingerprint density at radius 1 is 2.00 bits per heavy atom. The van der Waals surface area contributed by atoms with Gasteiger partial charge >= 0.3 is 0 Å². The summed E-state index contributed by atoms with van der Waals surface area (Å²) in [5.74, 6) is 0. The molecule has 8 heavy (non-hydrogen) atoms. The Labute approximate surface area is 49.4 Å². The van der Waals surface area contributed by atoms with Crippen LogP contribution in [0.2, 0.25) is 0 Å². The van der Waals surface area contributed by atoms with Gasteiger partial charge in [-0.05, 0) is 13.0 Å². The molecule has 0 rings (SSSR count). The second-order valence-corrected chi connectivity index (χ2v) is 1.11. The predicted octanol–water partition coefficient (Wildman–Crippen LogP) is 1.26. The van der Waals surface area contributed by atoms with E-state index in [9.17, 15) is 0 Å². The van der Waals surface area contributed by atoms with Gasteiger partial charge in [0.15, 0.2) is 0 Å². The molecule has 0 amide bonds. The van der Waals surface area contributed by atoms with Crippen molar-refractivity contribution in [2.75, 3.05) is 6.61 Å². The number of rotatable bonds is 3. The summed E-state index contributed by atoms with van der Waals surface area (Å²) in [6.45, 7) is 5.71. The first-order valence-electron chi connectivity index (χ1n) is 2.37. The lowest BCUT2D eigenvalue weighted by Gasteiger charge is -1.97. The summed E-state index contributed by atoms with van der Waals surface area (Å²) in [5, 5.41) is 8.17. The summed E-state index contributed by atoms with van der Waals surface area (Å²) in [6.07, 6.45) is 1.68. The molecule has 0 atom stereocenters. The van der Waals surface area contributed by atoms with Crippen molar-refractivity contribution >= 4 is 0 Å². The van der Waals surface area contributed by atoms with Gasteiger partial charge in [0.25, 0.3) is 0 Å². The Kier molecular flexibility index (Phi) is 3.91. The fourth-order valence-corrected chi connectivity index (χ4v) is 0.292. The van der Waals surface area contributed by atoms with Gasteiger partial charge in [-0.3, -0.25) is 0 Å². The van der Waals surface area contributed by atoms with Crippen LogP contribution in [-0.4, -0.2) is 6.61 Å². The SMILES string of the molecule is C=C[C](C#N)OCC. The van der Waals surface area contributed by atoms with E-state index >= 15 is 0 Å². The third-order valence-corrected chi connectivity index (χ3v) is 0.595. The average molecular weight is 110 g/mol. The minimum Gasteiger partial charge on any atom is -0.353 e. The fourth-order valence-electron chi connectivity index (χ4n) is 0.292. The van der Waals surface area contributed by atoms with Gasteiger partial charge in [-0.15, -0.1) is 0 Å². The number of hydrogen-bond acceptors (Lipinski definition) is 2. The average Bonchev–Trinajstić information content (AvgIpc) is 1.83. The van der Waals surface area contributed by atoms with Gasteiger partial charge in [0.05, 0.1) is 0 Å². The lowest BCUT2D eigenvalue weighted by atomic mass is 10.4. The van der Waals surface area contributed by atoms with Crippen molar-refractivity contribution in [1.29, 1.82) is 5.26 Å². The first-order chi connectivity index (χ1) is 3.85. The zero-order valence-corrected chi connectivity index (χ0v) is 4.85. The Hall–Kier alpha value is -0.810. The van der Waals surface area contributed by atoms with E-state index < -0.39 is 0 Å². The molecular weight excluding hydrogens is 102 g/mol. The van der Waals surface area contributed by atoms with E-state index in [-0.39, 0.29) is 6.10 Å². The highest BCUT2D eigenvalue weighted by molar-refractivity contribution is 5.15. The predicted molar refractivity (Wildman–Crippen MR) is 30.7 cm³/mol. The van der Waals surface area contributed by atoms with Gasteiger partial charge < -0.3 is 4.74 Å². The number of ether oxygens (including phenoxy) is 1. The van der Waals surface area contributed by atoms with Crippen molar-refractivity contribution in [3.63, 3.8) is 0 Å². The largest absolute Gasteiger partial charge is 0.353 e. The van der Waals surface area contributed by atoms with Crippen molar-refractivity contribution in [2.24, 2.45) is 0 Å². The first kappa shape index (κ1) is 7.19. The lowest BCUT2D eigenvalue weighted by Crippen LogP contribution is -1.94. The highest BCUT2D eigenvalue weighted by Crippen LogP contribution is 1.98. The topological polar surface area (TPSA) is 33.0 Å². The van der Waals surface area contributed by atoms with E-state index in [4.69, 9.17) is 10.00 Å². The zero-order valence-electron chi connectivity index (χ0n) is 4.85. The van der Waals surface area contributed by atoms with E-state index in [0.717, 1.165) is 0 Å². The molecule has 0 aliphatic heterocycles. The minimum atomic E-state index is 0.285. The van der Waals surface area contributed by atoms with Gasteiger partial charge in [-0.1, -0.05) is 6.58 Å². The molecule has 2 heteroatoms. The highest BCUT2D eigenvalue weighted by Gasteiger charge is 1.98. The summed E-state index contributed by atoms with van der Waals surface area (Å²) in [4.78, 5) is 0. The van der Waals surface area contributed by atoms with Crippen LogP contribution in [0.15, 0.2) is 12.7 Å². The van der Waals surface area contributed by atoms with Gasteiger partial charge in [-0.2, -0.15) is 5.26 Å². The number of nitrogens with zero attached hydrogens (tertiary/aromatic N) is 1. The molecule has 0 aromatic rings. The van der Waals surface area contributed by atoms with Crippen molar-refractivity contribution in [1.82, 2.24) is 0 Å². The molecule has 0 aliphatic rings. The van der Waals surface area contributed by atoms with Crippen LogP contribution in [0, 0.1) is 17.4 Å². The third kappa shape index (κ3) is 2.38. The highest BCUT2D eigenvalue weighted by atomic mass is 16.5. The molecule has 43 valence electrons. The Balaban J connectivity index is 3.40. The van der Waals surface area contributed by atoms with E-state index in [2.05, 4.69) is 6.58 Å². The van der Waals surface area contributed by atoms with Crippen LogP contribution >= 0.6 is 0 Å². The van der Waals surface area contributed by atoms with Crippen molar-refractivity contribution in [3.05, 3.63) is 18.8 Å². The van der Waals surface area contributed by atoms with E-state index in [1.807, 2.05) is 13.0 Å².